The van der Waals surface area contributed by atoms with Gasteiger partial charge in [-0.3, -0.25) is 9.48 Å². The molecule has 1 aromatic heterocycles. The zero-order valence-electron chi connectivity index (χ0n) is 12.8. The molecule has 2 heterocycles. The lowest BCUT2D eigenvalue weighted by atomic mass is 10.2. The summed E-state index contributed by atoms with van der Waals surface area (Å²) in [6, 6.07) is 0.532. The summed E-state index contributed by atoms with van der Waals surface area (Å²) in [5.74, 6) is 0.902. The number of anilines is 2. The number of nitrogens with two attached hydrogens (primary N) is 1. The predicted octanol–water partition coefficient (Wildman–Crippen LogP) is 0.834. The first-order valence-corrected chi connectivity index (χ1v) is 7.01. The minimum absolute atomic E-state index is 0. The van der Waals surface area contributed by atoms with Gasteiger partial charge in [0.25, 0.3) is 5.56 Å². The van der Waals surface area contributed by atoms with E-state index in [1.807, 2.05) is 18.5 Å². The van der Waals surface area contributed by atoms with Gasteiger partial charge in [-0.15, -0.1) is 12.4 Å². The quantitative estimate of drug-likeness (QED) is 0.895. The molecule has 1 aromatic rings. The standard InChI is InChI=1S/C13H25N5O.ClH/c1-5-17-12(11(14)13(19)18(17)6-2)16-8-7-10(9-16)15(3)4;/h10H,5-9,14H2,1-4H3;1H. The van der Waals surface area contributed by atoms with E-state index < -0.39 is 0 Å². The summed E-state index contributed by atoms with van der Waals surface area (Å²) in [7, 11) is 4.20. The maximum absolute atomic E-state index is 12.2. The molecule has 7 heteroatoms. The Morgan fingerprint density at radius 2 is 1.85 bits per heavy atom. The third kappa shape index (κ3) is 2.67. The van der Waals surface area contributed by atoms with Gasteiger partial charge in [0.15, 0.2) is 5.82 Å². The highest BCUT2D eigenvalue weighted by molar-refractivity contribution is 5.85. The zero-order chi connectivity index (χ0) is 14.2. The molecule has 0 radical (unpaired) electrons. The minimum atomic E-state index is -0.0624. The van der Waals surface area contributed by atoms with Crippen LogP contribution in [0.5, 0.6) is 0 Å². The topological polar surface area (TPSA) is 59.4 Å². The predicted molar refractivity (Wildman–Crippen MR) is 86.0 cm³/mol. The molecule has 0 spiro atoms. The first kappa shape index (κ1) is 16.9. The number of likely N-dealkylation sites (N-methyl/N-ethyl adjacent to an activating group) is 1. The first-order valence-electron chi connectivity index (χ1n) is 7.01. The van der Waals surface area contributed by atoms with Crippen molar-refractivity contribution in [3.8, 4) is 0 Å². The van der Waals surface area contributed by atoms with Crippen LogP contribution in [0.4, 0.5) is 11.5 Å². The summed E-state index contributed by atoms with van der Waals surface area (Å²) in [4.78, 5) is 16.6. The fourth-order valence-electron chi connectivity index (χ4n) is 2.92. The SMILES string of the molecule is CCn1c(N2CCC(N(C)C)C2)c(N)c(=O)n1CC.Cl. The molecule has 1 saturated heterocycles. The highest BCUT2D eigenvalue weighted by Gasteiger charge is 2.29. The Balaban J connectivity index is 0.00000200. The van der Waals surface area contributed by atoms with Crippen molar-refractivity contribution in [2.45, 2.75) is 39.4 Å². The van der Waals surface area contributed by atoms with E-state index >= 15 is 0 Å². The molecule has 0 amide bonds. The van der Waals surface area contributed by atoms with Crippen LogP contribution >= 0.6 is 12.4 Å². The Morgan fingerprint density at radius 1 is 1.25 bits per heavy atom. The molecule has 116 valence electrons. The normalized spacial score (nSPS) is 18.6. The summed E-state index contributed by atoms with van der Waals surface area (Å²) in [6.07, 6.45) is 1.11. The van der Waals surface area contributed by atoms with E-state index in [9.17, 15) is 4.79 Å². The lowest BCUT2D eigenvalue weighted by Crippen LogP contribution is -2.32. The van der Waals surface area contributed by atoms with Gasteiger partial charge in [0, 0.05) is 32.2 Å². The fourth-order valence-corrected chi connectivity index (χ4v) is 2.92. The first-order chi connectivity index (χ1) is 9.01. The largest absolute Gasteiger partial charge is 0.391 e. The van der Waals surface area contributed by atoms with E-state index in [0.717, 1.165) is 31.9 Å². The number of hydrogen-bond acceptors (Lipinski definition) is 4. The van der Waals surface area contributed by atoms with Crippen LogP contribution < -0.4 is 16.2 Å². The van der Waals surface area contributed by atoms with Crippen molar-refractivity contribution in [1.82, 2.24) is 14.3 Å². The summed E-state index contributed by atoms with van der Waals surface area (Å²) >= 11 is 0. The lowest BCUT2D eigenvalue weighted by Gasteiger charge is -2.23. The summed E-state index contributed by atoms with van der Waals surface area (Å²) < 4.78 is 3.74. The second-order valence-electron chi connectivity index (χ2n) is 5.33. The van der Waals surface area contributed by atoms with E-state index in [1.165, 1.54) is 0 Å². The number of rotatable bonds is 4. The molecule has 1 fully saturated rings. The van der Waals surface area contributed by atoms with Crippen molar-refractivity contribution in [2.24, 2.45) is 0 Å². The maximum Gasteiger partial charge on any atom is 0.292 e. The van der Waals surface area contributed by atoms with Crippen LogP contribution in [-0.2, 0) is 13.1 Å². The number of aromatic nitrogens is 2. The number of halogens is 1. The van der Waals surface area contributed by atoms with Crippen LogP contribution in [-0.4, -0.2) is 47.5 Å². The van der Waals surface area contributed by atoms with Gasteiger partial charge in [0.05, 0.1) is 0 Å². The molecule has 20 heavy (non-hydrogen) atoms. The lowest BCUT2D eigenvalue weighted by molar-refractivity contribution is 0.315. The van der Waals surface area contributed by atoms with Gasteiger partial charge in [-0.25, -0.2) is 4.68 Å². The van der Waals surface area contributed by atoms with Crippen LogP contribution in [0.1, 0.15) is 20.3 Å². The minimum Gasteiger partial charge on any atom is -0.391 e. The zero-order valence-corrected chi connectivity index (χ0v) is 13.6. The Labute approximate surface area is 126 Å². The fraction of sp³-hybridized carbons (Fsp3) is 0.769. The number of nitrogen functional groups attached to an aromatic ring is 1. The molecular weight excluding hydrogens is 278 g/mol. The van der Waals surface area contributed by atoms with Crippen LogP contribution in [0.25, 0.3) is 0 Å². The summed E-state index contributed by atoms with van der Waals surface area (Å²) in [5, 5.41) is 0. The van der Waals surface area contributed by atoms with Crippen molar-refractivity contribution < 1.29 is 0 Å². The van der Waals surface area contributed by atoms with E-state index in [4.69, 9.17) is 5.73 Å². The van der Waals surface area contributed by atoms with Gasteiger partial charge in [-0.05, 0) is 34.4 Å². The Bertz CT molecular complexity index is 508. The van der Waals surface area contributed by atoms with Crippen LogP contribution in [0.15, 0.2) is 4.79 Å². The van der Waals surface area contributed by atoms with Crippen molar-refractivity contribution in [2.75, 3.05) is 37.8 Å². The number of hydrogen-bond donors (Lipinski definition) is 1. The Hall–Kier alpha value is -1.14. The molecule has 0 aliphatic carbocycles. The van der Waals surface area contributed by atoms with Crippen LogP contribution in [0.3, 0.4) is 0 Å². The molecule has 0 saturated carbocycles. The molecule has 1 unspecified atom stereocenters. The van der Waals surface area contributed by atoms with Crippen molar-refractivity contribution in [1.29, 1.82) is 0 Å². The van der Waals surface area contributed by atoms with Gasteiger partial charge in [-0.1, -0.05) is 0 Å². The van der Waals surface area contributed by atoms with Crippen LogP contribution in [0.2, 0.25) is 0 Å². The maximum atomic E-state index is 12.2. The molecule has 0 bridgehead atoms. The van der Waals surface area contributed by atoms with Gasteiger partial charge < -0.3 is 15.5 Å². The highest BCUT2D eigenvalue weighted by Crippen LogP contribution is 2.26. The van der Waals surface area contributed by atoms with Crippen molar-refractivity contribution >= 4 is 23.9 Å². The van der Waals surface area contributed by atoms with Crippen molar-refractivity contribution in [3.63, 3.8) is 0 Å². The van der Waals surface area contributed by atoms with E-state index in [-0.39, 0.29) is 18.0 Å². The highest BCUT2D eigenvalue weighted by atomic mass is 35.5. The second-order valence-corrected chi connectivity index (χ2v) is 5.33. The average molecular weight is 304 g/mol. The second kappa shape index (κ2) is 6.54. The number of nitrogens with zero attached hydrogens (tertiary/aromatic N) is 4. The molecule has 2 N–H and O–H groups in total. The molecule has 1 aliphatic rings. The molecular formula is C13H26ClN5O. The van der Waals surface area contributed by atoms with E-state index in [2.05, 4.69) is 23.9 Å². The summed E-state index contributed by atoms with van der Waals surface area (Å²) in [6.45, 7) is 7.34. The van der Waals surface area contributed by atoms with Gasteiger partial charge in [-0.2, -0.15) is 0 Å². The molecule has 2 rings (SSSR count). The van der Waals surface area contributed by atoms with Crippen molar-refractivity contribution in [3.05, 3.63) is 10.4 Å². The van der Waals surface area contributed by atoms with E-state index in [1.54, 1.807) is 4.68 Å². The Morgan fingerprint density at radius 3 is 2.30 bits per heavy atom. The molecule has 6 nitrogen and oxygen atoms in total. The third-order valence-corrected chi connectivity index (χ3v) is 4.03. The monoisotopic (exact) mass is 303 g/mol. The third-order valence-electron chi connectivity index (χ3n) is 4.03. The smallest absolute Gasteiger partial charge is 0.292 e. The summed E-state index contributed by atoms with van der Waals surface area (Å²) in [5.41, 5.74) is 6.38. The molecule has 1 atom stereocenters. The average Bonchev–Trinajstić information content (AvgIpc) is 2.94. The Kier molecular flexibility index (Phi) is 5.53. The molecule has 1 aliphatic heterocycles. The van der Waals surface area contributed by atoms with Crippen LogP contribution in [0, 0.1) is 0 Å². The van der Waals surface area contributed by atoms with Gasteiger partial charge in [0.2, 0.25) is 0 Å². The molecule has 0 aromatic carbocycles. The van der Waals surface area contributed by atoms with E-state index in [0.29, 0.717) is 18.3 Å². The van der Waals surface area contributed by atoms with Gasteiger partial charge in [0.1, 0.15) is 5.69 Å². The van der Waals surface area contributed by atoms with Gasteiger partial charge >= 0.3 is 0 Å².